The van der Waals surface area contributed by atoms with Gasteiger partial charge in [0.05, 0.1) is 32.1 Å². The minimum atomic E-state index is 0.199. The second kappa shape index (κ2) is 14.0. The third kappa shape index (κ3) is 7.69. The summed E-state index contributed by atoms with van der Waals surface area (Å²) in [6.07, 6.45) is 8.64. The minimum Gasteiger partial charge on any atom is -0.379 e. The van der Waals surface area contributed by atoms with Crippen molar-refractivity contribution in [1.82, 2.24) is 20.4 Å². The number of carbonyl (C=O) groups is 1. The molecule has 2 aromatic rings. The molecular formula is C31H43N7O3. The number of anilines is 2. The summed E-state index contributed by atoms with van der Waals surface area (Å²) in [5.41, 5.74) is 16.2. The van der Waals surface area contributed by atoms with Gasteiger partial charge in [0.2, 0.25) is 5.95 Å². The predicted molar refractivity (Wildman–Crippen MR) is 160 cm³/mol. The summed E-state index contributed by atoms with van der Waals surface area (Å²) in [5, 5.41) is 11.0. The SMILES string of the molecule is Cc1cc(N2CCOCC2)ccc1CCCC(=O)CCC1CCC(C(=N)c2cnc(N)nc2)=C1NN1CCOCC1. The Labute approximate surface area is 242 Å². The van der Waals surface area contributed by atoms with Crippen LogP contribution >= 0.6 is 0 Å². The number of morpholine rings is 2. The van der Waals surface area contributed by atoms with Crippen molar-refractivity contribution in [1.29, 1.82) is 5.41 Å². The lowest BCUT2D eigenvalue weighted by Gasteiger charge is -2.31. The third-order valence-electron chi connectivity index (χ3n) is 8.40. The quantitative estimate of drug-likeness (QED) is 0.334. The average molecular weight is 562 g/mol. The fraction of sp³-hybridized carbons (Fsp3) is 0.548. The first-order chi connectivity index (χ1) is 20.0. The van der Waals surface area contributed by atoms with Gasteiger partial charge < -0.3 is 25.5 Å². The number of hydrazine groups is 1. The van der Waals surface area contributed by atoms with Crippen LogP contribution in [0, 0.1) is 18.3 Å². The highest BCUT2D eigenvalue weighted by atomic mass is 16.5. The van der Waals surface area contributed by atoms with E-state index in [0.717, 1.165) is 82.8 Å². The van der Waals surface area contributed by atoms with Crippen LogP contribution in [0.1, 0.15) is 55.2 Å². The third-order valence-corrected chi connectivity index (χ3v) is 8.40. The zero-order valence-electron chi connectivity index (χ0n) is 24.2. The number of ether oxygens (including phenoxy) is 2. The lowest BCUT2D eigenvalue weighted by atomic mass is 9.95. The normalized spacial score (nSPS) is 19.9. The Morgan fingerprint density at radius 1 is 1.07 bits per heavy atom. The molecule has 4 N–H and O–H groups in total. The van der Waals surface area contributed by atoms with Crippen molar-refractivity contribution in [3.05, 3.63) is 58.6 Å². The highest BCUT2D eigenvalue weighted by molar-refractivity contribution is 6.11. The molecule has 0 spiro atoms. The van der Waals surface area contributed by atoms with Gasteiger partial charge >= 0.3 is 0 Å². The number of nitrogen functional groups attached to an aromatic ring is 1. The molecule has 2 fully saturated rings. The average Bonchev–Trinajstić information content (AvgIpc) is 3.40. The van der Waals surface area contributed by atoms with Crippen molar-refractivity contribution in [3.63, 3.8) is 0 Å². The van der Waals surface area contributed by atoms with Gasteiger partial charge in [-0.15, -0.1) is 0 Å². The van der Waals surface area contributed by atoms with E-state index < -0.39 is 0 Å². The Hall–Kier alpha value is -3.34. The van der Waals surface area contributed by atoms with E-state index >= 15 is 0 Å². The second-order valence-electron chi connectivity index (χ2n) is 11.2. The topological polar surface area (TPSA) is 130 Å². The standard InChI is InChI=1S/C31H43N7O3/c1-22-19-26(37-11-15-40-16-12-37)8-5-23(22)3-2-4-27(39)9-6-24-7-10-28(29(32)25-20-34-31(33)35-21-25)30(24)36-38-13-17-41-18-14-38/h5,8,19-21,24,32,36H,2-4,6-7,9-18H2,1H3,(H2,33,34,35). The zero-order chi connectivity index (χ0) is 28.6. The van der Waals surface area contributed by atoms with E-state index in [2.05, 4.69) is 50.4 Å². The van der Waals surface area contributed by atoms with Gasteiger partial charge in [-0.05, 0) is 67.9 Å². The van der Waals surface area contributed by atoms with Gasteiger partial charge in [-0.1, -0.05) is 6.07 Å². The van der Waals surface area contributed by atoms with Crippen LogP contribution < -0.4 is 16.1 Å². The maximum absolute atomic E-state index is 12.9. The van der Waals surface area contributed by atoms with Crippen LogP contribution in [-0.2, 0) is 20.7 Å². The molecule has 1 unspecified atom stereocenters. The lowest BCUT2D eigenvalue weighted by Crippen LogP contribution is -2.46. The van der Waals surface area contributed by atoms with Crippen molar-refractivity contribution in [2.45, 2.75) is 51.9 Å². The van der Waals surface area contributed by atoms with Crippen LogP contribution in [0.2, 0.25) is 0 Å². The number of nitrogens with zero attached hydrogens (tertiary/aromatic N) is 4. The van der Waals surface area contributed by atoms with E-state index in [9.17, 15) is 4.79 Å². The Morgan fingerprint density at radius 3 is 2.49 bits per heavy atom. The van der Waals surface area contributed by atoms with Gasteiger partial charge in [0.1, 0.15) is 5.78 Å². The number of rotatable bonds is 12. The van der Waals surface area contributed by atoms with Gasteiger partial charge in [-0.25, -0.2) is 15.0 Å². The smallest absolute Gasteiger partial charge is 0.219 e. The maximum atomic E-state index is 12.9. The summed E-state index contributed by atoms with van der Waals surface area (Å²) < 4.78 is 11.0. The Morgan fingerprint density at radius 2 is 1.78 bits per heavy atom. The van der Waals surface area contributed by atoms with Crippen molar-refractivity contribution >= 4 is 23.1 Å². The number of nitrogens with one attached hydrogen (secondary N) is 2. The number of hydrogen-bond donors (Lipinski definition) is 3. The number of aryl methyl sites for hydroxylation is 2. The summed E-state index contributed by atoms with van der Waals surface area (Å²) in [7, 11) is 0. The molecule has 3 aliphatic rings. The number of nitrogens with two attached hydrogens (primary N) is 1. The molecule has 0 bridgehead atoms. The predicted octanol–water partition coefficient (Wildman–Crippen LogP) is 3.44. The summed E-state index contributed by atoms with van der Waals surface area (Å²) in [5.74, 6) is 0.723. The lowest BCUT2D eigenvalue weighted by molar-refractivity contribution is -0.119. The molecule has 220 valence electrons. The molecule has 1 atom stereocenters. The maximum Gasteiger partial charge on any atom is 0.219 e. The van der Waals surface area contributed by atoms with Crippen LogP contribution in [-0.4, -0.2) is 79.1 Å². The monoisotopic (exact) mass is 561 g/mol. The fourth-order valence-electron chi connectivity index (χ4n) is 5.95. The largest absolute Gasteiger partial charge is 0.379 e. The Balaban J connectivity index is 1.15. The molecule has 1 aliphatic carbocycles. The van der Waals surface area contributed by atoms with Crippen LogP contribution in [0.5, 0.6) is 0 Å². The Bertz CT molecular complexity index is 1230. The summed E-state index contributed by atoms with van der Waals surface area (Å²) in [6.45, 7) is 8.53. The number of allylic oxidation sites excluding steroid dienone is 2. The van der Waals surface area contributed by atoms with Crippen molar-refractivity contribution in [2.24, 2.45) is 5.92 Å². The number of carbonyl (C=O) groups excluding carboxylic acids is 1. The highest BCUT2D eigenvalue weighted by Gasteiger charge is 2.30. The molecule has 0 radical (unpaired) electrons. The molecule has 0 amide bonds. The number of aromatic nitrogens is 2. The van der Waals surface area contributed by atoms with Crippen LogP contribution in [0.25, 0.3) is 0 Å². The number of ketones is 1. The van der Waals surface area contributed by atoms with E-state index in [-0.39, 0.29) is 11.9 Å². The minimum absolute atomic E-state index is 0.199. The second-order valence-corrected chi connectivity index (χ2v) is 11.2. The first-order valence-electron chi connectivity index (χ1n) is 14.9. The summed E-state index contributed by atoms with van der Waals surface area (Å²) in [4.78, 5) is 23.5. The zero-order valence-corrected chi connectivity index (χ0v) is 24.2. The van der Waals surface area contributed by atoms with E-state index in [1.165, 1.54) is 16.8 Å². The molecule has 1 aromatic carbocycles. The molecular weight excluding hydrogens is 518 g/mol. The van der Waals surface area contributed by atoms with E-state index in [1.54, 1.807) is 12.4 Å². The number of benzene rings is 1. The Kier molecular flexibility index (Phi) is 9.97. The molecule has 10 nitrogen and oxygen atoms in total. The molecule has 0 saturated carbocycles. The first-order valence-corrected chi connectivity index (χ1v) is 14.9. The number of Topliss-reactive ketones (excluding diaryl/α,β-unsaturated/α-hetero) is 1. The molecule has 5 rings (SSSR count). The van der Waals surface area contributed by atoms with Crippen molar-refractivity contribution in [2.75, 3.05) is 63.2 Å². The molecule has 10 heteroatoms. The molecule has 2 aliphatic heterocycles. The summed E-state index contributed by atoms with van der Waals surface area (Å²) in [6, 6.07) is 6.69. The fourth-order valence-corrected chi connectivity index (χ4v) is 5.95. The van der Waals surface area contributed by atoms with Crippen LogP contribution in [0.4, 0.5) is 11.6 Å². The van der Waals surface area contributed by atoms with Gasteiger partial charge in [-0.2, -0.15) is 0 Å². The van der Waals surface area contributed by atoms with Gasteiger partial charge in [0.15, 0.2) is 0 Å². The molecule has 41 heavy (non-hydrogen) atoms. The van der Waals surface area contributed by atoms with E-state index in [0.29, 0.717) is 43.1 Å². The van der Waals surface area contributed by atoms with Gasteiger partial charge in [-0.3, -0.25) is 10.2 Å². The molecule has 1 aromatic heterocycles. The first kappa shape index (κ1) is 29.2. The number of hydrogen-bond acceptors (Lipinski definition) is 10. The van der Waals surface area contributed by atoms with Gasteiger partial charge in [0.25, 0.3) is 0 Å². The molecule has 2 saturated heterocycles. The van der Waals surface area contributed by atoms with Gasteiger partial charge in [0, 0.05) is 74.3 Å². The van der Waals surface area contributed by atoms with Crippen LogP contribution in [0.3, 0.4) is 0 Å². The van der Waals surface area contributed by atoms with Crippen molar-refractivity contribution < 1.29 is 14.3 Å². The highest BCUT2D eigenvalue weighted by Crippen LogP contribution is 2.36. The van der Waals surface area contributed by atoms with E-state index in [1.807, 2.05) is 0 Å². The summed E-state index contributed by atoms with van der Waals surface area (Å²) >= 11 is 0. The molecule has 3 heterocycles. The van der Waals surface area contributed by atoms with Crippen LogP contribution in [0.15, 0.2) is 41.9 Å². The van der Waals surface area contributed by atoms with E-state index in [4.69, 9.17) is 20.6 Å². The van der Waals surface area contributed by atoms with Crippen molar-refractivity contribution in [3.8, 4) is 0 Å².